The van der Waals surface area contributed by atoms with Gasteiger partial charge in [-0.25, -0.2) is 4.79 Å². The van der Waals surface area contributed by atoms with Crippen molar-refractivity contribution in [3.05, 3.63) is 57.0 Å². The number of amides is 2. The maximum atomic E-state index is 11.9. The highest BCUT2D eigenvalue weighted by Gasteiger charge is 2.05. The van der Waals surface area contributed by atoms with Crippen LogP contribution in [0.3, 0.4) is 0 Å². The number of ether oxygens (including phenoxy) is 1. The zero-order valence-corrected chi connectivity index (χ0v) is 16.0. The smallest absolute Gasteiger partial charge is 0.319 e. The Kier molecular flexibility index (Phi) is 6.94. The summed E-state index contributed by atoms with van der Waals surface area (Å²) in [7, 11) is 0. The number of anilines is 1. The lowest BCUT2D eigenvalue weighted by atomic mass is 10.1. The van der Waals surface area contributed by atoms with E-state index in [1.165, 1.54) is 5.56 Å². The Morgan fingerprint density at radius 2 is 2.00 bits per heavy atom. The molecule has 2 aromatic carbocycles. The molecule has 6 heteroatoms. The molecule has 0 bridgehead atoms. The van der Waals surface area contributed by atoms with Crippen LogP contribution in [0.1, 0.15) is 17.5 Å². The molecule has 2 aromatic rings. The van der Waals surface area contributed by atoms with E-state index in [1.54, 1.807) is 6.07 Å². The van der Waals surface area contributed by atoms with Gasteiger partial charge in [-0.3, -0.25) is 0 Å². The number of carbonyl (C=O) groups is 1. The molecule has 0 fully saturated rings. The molecule has 2 rings (SSSR count). The minimum Gasteiger partial charge on any atom is -0.492 e. The van der Waals surface area contributed by atoms with Gasteiger partial charge in [0.25, 0.3) is 0 Å². The minimum atomic E-state index is -0.219. The first-order valence-electron chi connectivity index (χ1n) is 7.65. The summed E-state index contributed by atoms with van der Waals surface area (Å²) >= 11 is 9.42. The van der Waals surface area contributed by atoms with E-state index in [0.29, 0.717) is 30.3 Å². The van der Waals surface area contributed by atoms with E-state index in [2.05, 4.69) is 26.6 Å². The summed E-state index contributed by atoms with van der Waals surface area (Å²) < 4.78 is 6.51. The van der Waals surface area contributed by atoms with Crippen LogP contribution in [-0.2, 0) is 0 Å². The third-order valence-electron chi connectivity index (χ3n) is 3.39. The van der Waals surface area contributed by atoms with Gasteiger partial charge in [0, 0.05) is 16.7 Å². The highest BCUT2D eigenvalue weighted by atomic mass is 79.9. The molecular formula is C18H20BrClN2O2. The minimum absolute atomic E-state index is 0.219. The van der Waals surface area contributed by atoms with Crippen molar-refractivity contribution >= 4 is 39.2 Å². The van der Waals surface area contributed by atoms with Crippen LogP contribution in [0.15, 0.2) is 40.9 Å². The number of halogens is 2. The van der Waals surface area contributed by atoms with Crippen LogP contribution in [0.4, 0.5) is 10.5 Å². The standard InChI is InChI=1S/C18H20BrClN2O2/c1-12-4-6-16(13(2)10-12)22-18(23)21-8-3-9-24-17-7-5-14(19)11-15(17)20/h4-7,10-11H,3,8-9H2,1-2H3,(H2,21,22,23). The number of nitrogens with one attached hydrogen (secondary N) is 2. The highest BCUT2D eigenvalue weighted by molar-refractivity contribution is 9.10. The molecule has 4 nitrogen and oxygen atoms in total. The van der Waals surface area contributed by atoms with E-state index < -0.39 is 0 Å². The second-order valence-corrected chi connectivity index (χ2v) is 6.80. The van der Waals surface area contributed by atoms with Crippen LogP contribution in [0.25, 0.3) is 0 Å². The normalized spacial score (nSPS) is 10.3. The maximum absolute atomic E-state index is 11.9. The Labute approximate surface area is 155 Å². The number of urea groups is 1. The second kappa shape index (κ2) is 8.94. The average molecular weight is 412 g/mol. The van der Waals surface area contributed by atoms with Crippen LogP contribution in [-0.4, -0.2) is 19.2 Å². The highest BCUT2D eigenvalue weighted by Crippen LogP contribution is 2.27. The van der Waals surface area contributed by atoms with Crippen molar-refractivity contribution in [2.75, 3.05) is 18.5 Å². The number of rotatable bonds is 6. The van der Waals surface area contributed by atoms with Gasteiger partial charge in [0.05, 0.1) is 11.6 Å². The molecule has 0 aliphatic heterocycles. The molecule has 0 spiro atoms. The molecule has 0 radical (unpaired) electrons. The molecule has 24 heavy (non-hydrogen) atoms. The van der Waals surface area contributed by atoms with Gasteiger partial charge in [-0.1, -0.05) is 45.2 Å². The van der Waals surface area contributed by atoms with Crippen molar-refractivity contribution < 1.29 is 9.53 Å². The number of aryl methyl sites for hydroxylation is 2. The van der Waals surface area contributed by atoms with E-state index in [1.807, 2.05) is 44.2 Å². The Hall–Kier alpha value is -1.72. The summed E-state index contributed by atoms with van der Waals surface area (Å²) in [6.45, 7) is 4.99. The molecule has 0 aromatic heterocycles. The van der Waals surface area contributed by atoms with Crippen molar-refractivity contribution in [2.24, 2.45) is 0 Å². The number of carbonyl (C=O) groups excluding carboxylic acids is 1. The fourth-order valence-corrected chi connectivity index (χ4v) is 2.90. The zero-order chi connectivity index (χ0) is 17.5. The van der Waals surface area contributed by atoms with Gasteiger partial charge in [-0.05, 0) is 50.1 Å². The predicted octanol–water partition coefficient (Wildman–Crippen LogP) is 5.31. The van der Waals surface area contributed by atoms with Crippen LogP contribution in [0.5, 0.6) is 5.75 Å². The largest absolute Gasteiger partial charge is 0.492 e. The topological polar surface area (TPSA) is 50.4 Å². The number of benzene rings is 2. The summed E-state index contributed by atoms with van der Waals surface area (Å²) in [5.41, 5.74) is 3.02. The zero-order valence-electron chi connectivity index (χ0n) is 13.7. The van der Waals surface area contributed by atoms with Gasteiger partial charge in [0.15, 0.2) is 0 Å². The summed E-state index contributed by atoms with van der Waals surface area (Å²) in [4.78, 5) is 11.9. The van der Waals surface area contributed by atoms with E-state index >= 15 is 0 Å². The lowest BCUT2D eigenvalue weighted by Gasteiger charge is -2.11. The molecular weight excluding hydrogens is 392 g/mol. The van der Waals surface area contributed by atoms with E-state index in [-0.39, 0.29) is 6.03 Å². The van der Waals surface area contributed by atoms with E-state index in [9.17, 15) is 4.79 Å². The van der Waals surface area contributed by atoms with Crippen molar-refractivity contribution in [1.29, 1.82) is 0 Å². The first-order chi connectivity index (χ1) is 11.5. The first-order valence-corrected chi connectivity index (χ1v) is 8.83. The molecule has 0 atom stereocenters. The second-order valence-electron chi connectivity index (χ2n) is 5.48. The summed E-state index contributed by atoms with van der Waals surface area (Å²) in [6, 6.07) is 11.2. The molecule has 0 aliphatic rings. The Morgan fingerprint density at radius 1 is 1.21 bits per heavy atom. The molecule has 0 heterocycles. The quantitative estimate of drug-likeness (QED) is 0.633. The van der Waals surface area contributed by atoms with Crippen LogP contribution in [0.2, 0.25) is 5.02 Å². The van der Waals surface area contributed by atoms with Gasteiger partial charge >= 0.3 is 6.03 Å². The Balaban J connectivity index is 1.69. The lowest BCUT2D eigenvalue weighted by Crippen LogP contribution is -2.30. The molecule has 0 aliphatic carbocycles. The van der Waals surface area contributed by atoms with Crippen LogP contribution in [0, 0.1) is 13.8 Å². The first kappa shape index (κ1) is 18.6. The van der Waals surface area contributed by atoms with E-state index in [0.717, 1.165) is 15.7 Å². The van der Waals surface area contributed by atoms with E-state index in [4.69, 9.17) is 16.3 Å². The van der Waals surface area contributed by atoms with Crippen molar-refractivity contribution in [1.82, 2.24) is 5.32 Å². The SMILES string of the molecule is Cc1ccc(NC(=O)NCCCOc2ccc(Br)cc2Cl)c(C)c1. The molecule has 2 amide bonds. The van der Waals surface area contributed by atoms with Crippen molar-refractivity contribution in [2.45, 2.75) is 20.3 Å². The molecule has 0 saturated heterocycles. The Bertz CT molecular complexity index is 722. The molecule has 0 saturated carbocycles. The summed E-state index contributed by atoms with van der Waals surface area (Å²) in [6.07, 6.45) is 0.687. The summed E-state index contributed by atoms with van der Waals surface area (Å²) in [5.74, 6) is 0.639. The predicted molar refractivity (Wildman–Crippen MR) is 102 cm³/mol. The number of hydrogen-bond acceptors (Lipinski definition) is 2. The molecule has 128 valence electrons. The fourth-order valence-electron chi connectivity index (χ4n) is 2.17. The lowest BCUT2D eigenvalue weighted by molar-refractivity contribution is 0.250. The monoisotopic (exact) mass is 410 g/mol. The molecule has 0 unspecified atom stereocenters. The number of hydrogen-bond donors (Lipinski definition) is 2. The van der Waals surface area contributed by atoms with Crippen molar-refractivity contribution in [3.8, 4) is 5.75 Å². The van der Waals surface area contributed by atoms with Gasteiger partial charge < -0.3 is 15.4 Å². The average Bonchev–Trinajstić information content (AvgIpc) is 2.51. The third kappa shape index (κ3) is 5.73. The third-order valence-corrected chi connectivity index (χ3v) is 4.18. The fraction of sp³-hybridized carbons (Fsp3) is 0.278. The molecule has 2 N–H and O–H groups in total. The van der Waals surface area contributed by atoms with Crippen molar-refractivity contribution in [3.63, 3.8) is 0 Å². The van der Waals surface area contributed by atoms with Crippen LogP contribution >= 0.6 is 27.5 Å². The summed E-state index contributed by atoms with van der Waals surface area (Å²) in [5, 5.41) is 6.22. The van der Waals surface area contributed by atoms with Gasteiger partial charge in [0.2, 0.25) is 0 Å². The van der Waals surface area contributed by atoms with Gasteiger partial charge in [-0.15, -0.1) is 0 Å². The van der Waals surface area contributed by atoms with Crippen LogP contribution < -0.4 is 15.4 Å². The Morgan fingerprint density at radius 3 is 2.71 bits per heavy atom. The van der Waals surface area contributed by atoms with Gasteiger partial charge in [0.1, 0.15) is 5.75 Å². The van der Waals surface area contributed by atoms with Gasteiger partial charge in [-0.2, -0.15) is 0 Å². The maximum Gasteiger partial charge on any atom is 0.319 e.